The fraction of sp³-hybridized carbons (Fsp3) is 0.467. The lowest BCUT2D eigenvalue weighted by atomic mass is 9.82. The Bertz CT molecular complexity index is 644. The number of benzene rings is 1. The van der Waals surface area contributed by atoms with Gasteiger partial charge in [-0.05, 0) is 33.8 Å². The summed E-state index contributed by atoms with van der Waals surface area (Å²) in [7, 11) is 3.42. The Morgan fingerprint density at radius 2 is 1.86 bits per heavy atom. The maximum atomic E-state index is 5.93. The Balaban J connectivity index is 2.15. The van der Waals surface area contributed by atoms with Crippen LogP contribution in [-0.2, 0) is 9.39 Å². The summed E-state index contributed by atoms with van der Waals surface area (Å²) in [4.78, 5) is 8.17. The predicted octanol–water partition coefficient (Wildman–Crippen LogP) is 1.68. The van der Waals surface area contributed by atoms with Crippen molar-refractivity contribution in [2.75, 3.05) is 12.8 Å². The van der Waals surface area contributed by atoms with Gasteiger partial charge < -0.3 is 15.1 Å². The van der Waals surface area contributed by atoms with Crippen molar-refractivity contribution in [3.8, 4) is 0 Å². The van der Waals surface area contributed by atoms with Crippen molar-refractivity contribution in [2.24, 2.45) is 0 Å². The first-order chi connectivity index (χ1) is 9.75. The third-order valence-electron chi connectivity index (χ3n) is 4.07. The average Bonchev–Trinajstić information content (AvgIpc) is 2.44. The monoisotopic (exact) mass is 286 g/mol. The molecule has 0 atom stereocenters. The zero-order valence-electron chi connectivity index (χ0n) is 13.2. The Morgan fingerprint density at radius 1 is 1.14 bits per heavy atom. The Labute approximate surface area is 126 Å². The molecule has 0 unspecified atom stereocenters. The molecule has 1 radical (unpaired) electrons. The minimum atomic E-state index is -0.464. The number of hydrogen-bond acceptors (Lipinski definition) is 5. The molecule has 2 rings (SSSR count). The van der Waals surface area contributed by atoms with E-state index in [9.17, 15) is 0 Å². The second-order valence-electron chi connectivity index (χ2n) is 6.01. The van der Waals surface area contributed by atoms with Crippen molar-refractivity contribution in [1.29, 1.82) is 0 Å². The first-order valence-corrected chi connectivity index (χ1v) is 6.84. The Hall–Kier alpha value is -1.66. The number of hydrogen-bond donors (Lipinski definition) is 1. The summed E-state index contributed by atoms with van der Waals surface area (Å²) in [5, 5.41) is 0.922. The second-order valence-corrected chi connectivity index (χ2v) is 6.01. The van der Waals surface area contributed by atoms with Gasteiger partial charge in [-0.25, -0.2) is 9.97 Å². The van der Waals surface area contributed by atoms with Crippen LogP contribution in [0, 0.1) is 0 Å². The number of fused-ring (bicyclic) bond motifs is 1. The first kappa shape index (κ1) is 15.7. The smallest absolute Gasteiger partial charge is 0.330 e. The van der Waals surface area contributed by atoms with Crippen LogP contribution in [0.1, 0.15) is 27.7 Å². The van der Waals surface area contributed by atoms with Crippen molar-refractivity contribution >= 4 is 29.8 Å². The normalized spacial score (nSPS) is 12.6. The summed E-state index contributed by atoms with van der Waals surface area (Å²) in [5.74, 6) is 0.276. The molecule has 6 heteroatoms. The van der Waals surface area contributed by atoms with E-state index in [-0.39, 0.29) is 5.95 Å². The van der Waals surface area contributed by atoms with E-state index in [4.69, 9.17) is 15.1 Å². The van der Waals surface area contributed by atoms with Crippen LogP contribution < -0.4 is 11.2 Å². The van der Waals surface area contributed by atoms with Gasteiger partial charge in [-0.3, -0.25) is 0 Å². The van der Waals surface area contributed by atoms with Gasteiger partial charge in [0.2, 0.25) is 5.95 Å². The topological polar surface area (TPSA) is 70.3 Å². The number of ether oxygens (including phenoxy) is 1. The quantitative estimate of drug-likeness (QED) is 0.847. The molecule has 5 nitrogen and oxygen atoms in total. The van der Waals surface area contributed by atoms with Crippen molar-refractivity contribution < 1.29 is 9.39 Å². The summed E-state index contributed by atoms with van der Waals surface area (Å²) >= 11 is 0. The molecule has 2 N–H and O–H groups in total. The summed E-state index contributed by atoms with van der Waals surface area (Å²) < 4.78 is 11.4. The van der Waals surface area contributed by atoms with Gasteiger partial charge in [-0.15, -0.1) is 0 Å². The van der Waals surface area contributed by atoms with Crippen molar-refractivity contribution in [3.63, 3.8) is 0 Å². The highest BCUT2D eigenvalue weighted by Gasteiger charge is 2.37. The van der Waals surface area contributed by atoms with Gasteiger partial charge in [0.25, 0.3) is 0 Å². The van der Waals surface area contributed by atoms with E-state index in [1.54, 1.807) is 20.8 Å². The van der Waals surface area contributed by atoms with Crippen molar-refractivity contribution in [3.05, 3.63) is 24.4 Å². The van der Waals surface area contributed by atoms with E-state index in [1.165, 1.54) is 0 Å². The van der Waals surface area contributed by atoms with Gasteiger partial charge in [-0.1, -0.05) is 17.6 Å². The van der Waals surface area contributed by atoms with E-state index in [0.29, 0.717) is 0 Å². The van der Waals surface area contributed by atoms with E-state index >= 15 is 0 Å². The number of methoxy groups -OCH3 is 1. The number of aromatic nitrogens is 2. The number of anilines is 1. The van der Waals surface area contributed by atoms with Crippen LogP contribution >= 0.6 is 0 Å². The summed E-state index contributed by atoms with van der Waals surface area (Å²) in [6.45, 7) is 7.99. The number of nitrogen functional groups attached to an aromatic ring is 1. The van der Waals surface area contributed by atoms with Gasteiger partial charge in [0.05, 0.1) is 16.7 Å². The van der Waals surface area contributed by atoms with Crippen LogP contribution in [-0.4, -0.2) is 35.8 Å². The maximum absolute atomic E-state index is 5.93. The number of rotatable bonds is 5. The molecule has 0 aliphatic heterocycles. The standard InChI is InChI=1S/C15H21BN3O2/c1-14(2,20-5)15(3,4)21-16-11-6-7-12-10(8-11)9-18-13(17)19-12/h6-9H,1-5H3,(H2,17,18,19). The summed E-state index contributed by atoms with van der Waals surface area (Å²) in [5.41, 5.74) is 6.46. The van der Waals surface area contributed by atoms with Gasteiger partial charge in [0.15, 0.2) is 0 Å². The first-order valence-electron chi connectivity index (χ1n) is 6.84. The summed E-state index contributed by atoms with van der Waals surface area (Å²) in [6, 6.07) is 5.80. The zero-order valence-corrected chi connectivity index (χ0v) is 13.2. The van der Waals surface area contributed by atoms with Crippen LogP contribution in [0.2, 0.25) is 0 Å². The van der Waals surface area contributed by atoms with Crippen LogP contribution in [0.3, 0.4) is 0 Å². The van der Waals surface area contributed by atoms with Gasteiger partial charge in [0.1, 0.15) is 0 Å². The van der Waals surface area contributed by atoms with Gasteiger partial charge >= 0.3 is 7.48 Å². The molecule has 111 valence electrons. The fourth-order valence-electron chi connectivity index (χ4n) is 1.74. The lowest BCUT2D eigenvalue weighted by molar-refractivity contribution is -0.114. The molecule has 0 bridgehead atoms. The molecular formula is C15H21BN3O2. The highest BCUT2D eigenvalue weighted by atomic mass is 16.5. The lowest BCUT2D eigenvalue weighted by Gasteiger charge is -2.40. The van der Waals surface area contributed by atoms with Crippen LogP contribution in [0.5, 0.6) is 0 Å². The Morgan fingerprint density at radius 3 is 2.52 bits per heavy atom. The molecule has 0 aliphatic carbocycles. The molecule has 1 heterocycles. The van der Waals surface area contributed by atoms with Gasteiger partial charge in [0, 0.05) is 18.7 Å². The number of nitrogens with zero attached hydrogens (tertiary/aromatic N) is 2. The molecule has 0 amide bonds. The lowest BCUT2D eigenvalue weighted by Crippen LogP contribution is -2.50. The third-order valence-corrected chi connectivity index (χ3v) is 4.07. The van der Waals surface area contributed by atoms with E-state index in [2.05, 4.69) is 9.97 Å². The Kier molecular flexibility index (Phi) is 4.21. The highest BCUT2D eigenvalue weighted by Crippen LogP contribution is 2.27. The molecule has 1 aromatic carbocycles. The molecule has 0 saturated heterocycles. The molecule has 0 fully saturated rings. The summed E-state index contributed by atoms with van der Waals surface area (Å²) in [6.07, 6.45) is 1.71. The maximum Gasteiger partial charge on any atom is 0.330 e. The zero-order chi connectivity index (χ0) is 15.7. The van der Waals surface area contributed by atoms with Crippen LogP contribution in [0.25, 0.3) is 10.9 Å². The van der Waals surface area contributed by atoms with Crippen molar-refractivity contribution in [1.82, 2.24) is 9.97 Å². The highest BCUT2D eigenvalue weighted by molar-refractivity contribution is 6.47. The van der Waals surface area contributed by atoms with Gasteiger partial charge in [-0.2, -0.15) is 0 Å². The van der Waals surface area contributed by atoms with Crippen molar-refractivity contribution in [2.45, 2.75) is 38.9 Å². The van der Waals surface area contributed by atoms with E-state index in [1.807, 2.05) is 45.9 Å². The largest absolute Gasteiger partial charge is 0.427 e. The molecule has 0 spiro atoms. The predicted molar refractivity (Wildman–Crippen MR) is 85.6 cm³/mol. The number of nitrogens with two attached hydrogens (primary N) is 1. The van der Waals surface area contributed by atoms with E-state index in [0.717, 1.165) is 16.4 Å². The molecule has 21 heavy (non-hydrogen) atoms. The molecule has 0 saturated carbocycles. The minimum Gasteiger partial charge on any atom is -0.427 e. The molecular weight excluding hydrogens is 265 g/mol. The fourth-order valence-corrected chi connectivity index (χ4v) is 1.74. The molecule has 1 aromatic heterocycles. The average molecular weight is 286 g/mol. The second kappa shape index (κ2) is 5.62. The van der Waals surface area contributed by atoms with Crippen LogP contribution in [0.4, 0.5) is 5.95 Å². The molecule has 2 aromatic rings. The SMILES string of the molecule is COC(C)(C)C(C)(C)O[B]c1ccc2nc(N)ncc2c1. The van der Waals surface area contributed by atoms with E-state index < -0.39 is 11.2 Å². The van der Waals surface area contributed by atoms with Crippen LogP contribution in [0.15, 0.2) is 24.4 Å². The molecule has 0 aliphatic rings. The minimum absolute atomic E-state index is 0.276. The third kappa shape index (κ3) is 3.33.